The number of carbonyl (C=O) groups excluding carboxylic acids is 1. The van der Waals surface area contributed by atoms with Gasteiger partial charge in [0.05, 0.1) is 13.0 Å². The summed E-state index contributed by atoms with van der Waals surface area (Å²) >= 11 is 0. The van der Waals surface area contributed by atoms with Crippen molar-refractivity contribution >= 4 is 5.97 Å². The summed E-state index contributed by atoms with van der Waals surface area (Å²) in [5.74, 6) is -0.498. The number of piperidine rings is 1. The van der Waals surface area contributed by atoms with Crippen LogP contribution in [-0.4, -0.2) is 31.1 Å². The summed E-state index contributed by atoms with van der Waals surface area (Å²) in [6, 6.07) is 5.11. The number of ether oxygens (including phenoxy) is 1. The predicted octanol–water partition coefficient (Wildman–Crippen LogP) is 1.67. The molecule has 20 heavy (non-hydrogen) atoms. The molecule has 110 valence electrons. The first-order valence-electron chi connectivity index (χ1n) is 6.91. The van der Waals surface area contributed by atoms with Crippen LogP contribution in [0.1, 0.15) is 24.0 Å². The quantitative estimate of drug-likeness (QED) is 0.852. The third kappa shape index (κ3) is 3.55. The fourth-order valence-corrected chi connectivity index (χ4v) is 2.65. The van der Waals surface area contributed by atoms with Crippen LogP contribution < -0.4 is 5.73 Å². The SMILES string of the molecule is COC(=O)C1CCCN(Cc2ccc(CN)cc2F)C1. The van der Waals surface area contributed by atoms with Crippen LogP contribution in [0.4, 0.5) is 4.39 Å². The van der Waals surface area contributed by atoms with E-state index in [4.69, 9.17) is 10.5 Å². The second-order valence-electron chi connectivity index (χ2n) is 5.23. The molecular weight excluding hydrogens is 259 g/mol. The fraction of sp³-hybridized carbons (Fsp3) is 0.533. The van der Waals surface area contributed by atoms with Crippen molar-refractivity contribution in [1.82, 2.24) is 4.90 Å². The Morgan fingerprint density at radius 2 is 2.35 bits per heavy atom. The van der Waals surface area contributed by atoms with Crippen LogP contribution in [0.25, 0.3) is 0 Å². The molecular formula is C15H21FN2O2. The molecule has 1 aromatic carbocycles. The molecule has 0 saturated carbocycles. The Bertz CT molecular complexity index is 479. The van der Waals surface area contributed by atoms with E-state index in [2.05, 4.69) is 4.90 Å². The maximum atomic E-state index is 13.9. The molecule has 0 radical (unpaired) electrons. The zero-order valence-electron chi connectivity index (χ0n) is 11.8. The molecule has 1 atom stereocenters. The third-order valence-corrected chi connectivity index (χ3v) is 3.79. The molecule has 1 heterocycles. The standard InChI is InChI=1S/C15H21FN2O2/c1-20-15(19)13-3-2-6-18(10-13)9-12-5-4-11(8-17)7-14(12)16/h4-5,7,13H,2-3,6,8-10,17H2,1H3. The first-order valence-corrected chi connectivity index (χ1v) is 6.91. The highest BCUT2D eigenvalue weighted by molar-refractivity contribution is 5.72. The van der Waals surface area contributed by atoms with Gasteiger partial charge >= 0.3 is 5.97 Å². The van der Waals surface area contributed by atoms with Gasteiger partial charge in [0.15, 0.2) is 0 Å². The summed E-state index contributed by atoms with van der Waals surface area (Å²) in [4.78, 5) is 13.7. The van der Waals surface area contributed by atoms with E-state index in [1.165, 1.54) is 13.2 Å². The lowest BCUT2D eigenvalue weighted by Crippen LogP contribution is -2.38. The van der Waals surface area contributed by atoms with E-state index in [0.717, 1.165) is 24.9 Å². The Hall–Kier alpha value is -1.46. The predicted molar refractivity (Wildman–Crippen MR) is 74.3 cm³/mol. The van der Waals surface area contributed by atoms with Crippen molar-refractivity contribution in [2.75, 3.05) is 20.2 Å². The monoisotopic (exact) mass is 280 g/mol. The Kier molecular flexibility index (Phi) is 5.09. The normalized spacial score (nSPS) is 19.9. The third-order valence-electron chi connectivity index (χ3n) is 3.79. The van der Waals surface area contributed by atoms with Crippen LogP contribution in [0.15, 0.2) is 18.2 Å². The maximum Gasteiger partial charge on any atom is 0.309 e. The Morgan fingerprint density at radius 1 is 1.55 bits per heavy atom. The van der Waals surface area contributed by atoms with Gasteiger partial charge in [-0.05, 0) is 31.0 Å². The van der Waals surface area contributed by atoms with Crippen LogP contribution in [0, 0.1) is 11.7 Å². The number of rotatable bonds is 4. The van der Waals surface area contributed by atoms with Gasteiger partial charge < -0.3 is 10.5 Å². The summed E-state index contributed by atoms with van der Waals surface area (Å²) in [6.45, 7) is 2.37. The number of likely N-dealkylation sites (tertiary alicyclic amines) is 1. The maximum absolute atomic E-state index is 13.9. The van der Waals surface area contributed by atoms with Gasteiger partial charge in [-0.15, -0.1) is 0 Å². The molecule has 5 heteroatoms. The number of esters is 1. The van der Waals surface area contributed by atoms with Gasteiger partial charge in [-0.25, -0.2) is 4.39 Å². The van der Waals surface area contributed by atoms with Gasteiger partial charge in [-0.1, -0.05) is 12.1 Å². The van der Waals surface area contributed by atoms with Gasteiger partial charge in [0.2, 0.25) is 0 Å². The number of nitrogens with zero attached hydrogens (tertiary/aromatic N) is 1. The summed E-state index contributed by atoms with van der Waals surface area (Å²) < 4.78 is 18.7. The van der Waals surface area contributed by atoms with Crippen molar-refractivity contribution in [3.63, 3.8) is 0 Å². The number of nitrogens with two attached hydrogens (primary N) is 1. The summed E-state index contributed by atoms with van der Waals surface area (Å²) in [7, 11) is 1.41. The average Bonchev–Trinajstić information content (AvgIpc) is 2.48. The van der Waals surface area contributed by atoms with E-state index >= 15 is 0 Å². The van der Waals surface area contributed by atoms with E-state index in [-0.39, 0.29) is 17.7 Å². The highest BCUT2D eigenvalue weighted by Crippen LogP contribution is 2.21. The lowest BCUT2D eigenvalue weighted by Gasteiger charge is -2.31. The summed E-state index contributed by atoms with van der Waals surface area (Å²) in [5, 5.41) is 0. The molecule has 1 aromatic rings. The minimum Gasteiger partial charge on any atom is -0.469 e. The van der Waals surface area contributed by atoms with E-state index in [9.17, 15) is 9.18 Å². The lowest BCUT2D eigenvalue weighted by molar-refractivity contribution is -0.147. The van der Waals surface area contributed by atoms with E-state index in [1.807, 2.05) is 6.07 Å². The number of halogens is 1. The fourth-order valence-electron chi connectivity index (χ4n) is 2.65. The van der Waals surface area contributed by atoms with Crippen LogP contribution >= 0.6 is 0 Å². The molecule has 2 rings (SSSR count). The molecule has 1 saturated heterocycles. The van der Waals surface area contributed by atoms with Crippen molar-refractivity contribution < 1.29 is 13.9 Å². The number of carbonyl (C=O) groups is 1. The topological polar surface area (TPSA) is 55.6 Å². The molecule has 0 bridgehead atoms. The molecule has 1 aliphatic heterocycles. The number of benzene rings is 1. The van der Waals surface area contributed by atoms with Crippen LogP contribution in [0.2, 0.25) is 0 Å². The molecule has 0 aliphatic carbocycles. The first-order chi connectivity index (χ1) is 9.63. The van der Waals surface area contributed by atoms with Crippen LogP contribution in [0.3, 0.4) is 0 Å². The Morgan fingerprint density at radius 3 is 3.00 bits per heavy atom. The van der Waals surface area contributed by atoms with E-state index in [0.29, 0.717) is 25.2 Å². The second kappa shape index (κ2) is 6.81. The lowest BCUT2D eigenvalue weighted by atomic mass is 9.97. The van der Waals surface area contributed by atoms with Gasteiger partial charge in [-0.2, -0.15) is 0 Å². The van der Waals surface area contributed by atoms with Crippen molar-refractivity contribution in [2.24, 2.45) is 11.7 Å². The number of hydrogen-bond acceptors (Lipinski definition) is 4. The molecule has 2 N–H and O–H groups in total. The average molecular weight is 280 g/mol. The van der Waals surface area contributed by atoms with Crippen molar-refractivity contribution in [3.8, 4) is 0 Å². The smallest absolute Gasteiger partial charge is 0.309 e. The van der Waals surface area contributed by atoms with Crippen LogP contribution in [-0.2, 0) is 22.6 Å². The van der Waals surface area contributed by atoms with E-state index in [1.54, 1.807) is 6.07 Å². The highest BCUT2D eigenvalue weighted by atomic mass is 19.1. The van der Waals surface area contributed by atoms with Crippen molar-refractivity contribution in [2.45, 2.75) is 25.9 Å². The molecule has 0 amide bonds. The first kappa shape index (κ1) is 14.9. The summed E-state index contributed by atoms with van der Waals surface area (Å²) in [6.07, 6.45) is 1.78. The van der Waals surface area contributed by atoms with Gasteiger partial charge in [0, 0.05) is 25.2 Å². The number of methoxy groups -OCH3 is 1. The Balaban J connectivity index is 2.00. The molecule has 0 spiro atoms. The van der Waals surface area contributed by atoms with Gasteiger partial charge in [0.1, 0.15) is 5.82 Å². The minimum atomic E-state index is -0.229. The summed E-state index contributed by atoms with van der Waals surface area (Å²) in [5.41, 5.74) is 6.93. The van der Waals surface area contributed by atoms with Gasteiger partial charge in [0.25, 0.3) is 0 Å². The minimum absolute atomic E-state index is 0.0971. The molecule has 4 nitrogen and oxygen atoms in total. The zero-order chi connectivity index (χ0) is 14.5. The molecule has 0 aromatic heterocycles. The second-order valence-corrected chi connectivity index (χ2v) is 5.23. The van der Waals surface area contributed by atoms with Crippen molar-refractivity contribution in [3.05, 3.63) is 35.1 Å². The van der Waals surface area contributed by atoms with Crippen LogP contribution in [0.5, 0.6) is 0 Å². The zero-order valence-corrected chi connectivity index (χ0v) is 11.8. The molecule has 1 aliphatic rings. The highest BCUT2D eigenvalue weighted by Gasteiger charge is 2.26. The van der Waals surface area contributed by atoms with Gasteiger partial charge in [-0.3, -0.25) is 9.69 Å². The largest absolute Gasteiger partial charge is 0.469 e. The van der Waals surface area contributed by atoms with Crippen molar-refractivity contribution in [1.29, 1.82) is 0 Å². The molecule has 1 fully saturated rings. The van der Waals surface area contributed by atoms with E-state index < -0.39 is 0 Å². The number of hydrogen-bond donors (Lipinski definition) is 1. The molecule has 1 unspecified atom stereocenters. The Labute approximate surface area is 118 Å².